The van der Waals surface area contributed by atoms with E-state index in [1.165, 1.54) is 0 Å². The molecule has 0 aromatic carbocycles. The van der Waals surface area contributed by atoms with Crippen LogP contribution in [-0.4, -0.2) is 21.9 Å². The van der Waals surface area contributed by atoms with Gasteiger partial charge in [-0.3, -0.25) is 14.8 Å². The normalized spacial score (nSPS) is 21.1. The first-order chi connectivity index (χ1) is 10.3. The SMILES string of the molecule is O=C(NCc1ccccn1)C1CC(c2cccnc2)NN1. The van der Waals surface area contributed by atoms with Gasteiger partial charge < -0.3 is 5.32 Å². The van der Waals surface area contributed by atoms with Gasteiger partial charge in [-0.15, -0.1) is 0 Å². The molecular weight excluding hydrogens is 266 g/mol. The fourth-order valence-electron chi connectivity index (χ4n) is 2.33. The second kappa shape index (κ2) is 6.43. The van der Waals surface area contributed by atoms with Crippen LogP contribution in [0.3, 0.4) is 0 Å². The first-order valence-electron chi connectivity index (χ1n) is 6.91. The zero-order valence-corrected chi connectivity index (χ0v) is 11.5. The number of hydrazine groups is 1. The van der Waals surface area contributed by atoms with E-state index in [0.717, 1.165) is 11.3 Å². The predicted molar refractivity (Wildman–Crippen MR) is 77.7 cm³/mol. The van der Waals surface area contributed by atoms with E-state index in [1.807, 2.05) is 36.5 Å². The lowest BCUT2D eigenvalue weighted by molar-refractivity contribution is -0.123. The first kappa shape index (κ1) is 13.7. The summed E-state index contributed by atoms with van der Waals surface area (Å²) in [5.41, 5.74) is 8.09. The van der Waals surface area contributed by atoms with Crippen molar-refractivity contribution >= 4 is 5.91 Å². The van der Waals surface area contributed by atoms with Crippen molar-refractivity contribution < 1.29 is 4.79 Å². The molecule has 21 heavy (non-hydrogen) atoms. The highest BCUT2D eigenvalue weighted by atomic mass is 16.2. The van der Waals surface area contributed by atoms with E-state index in [9.17, 15) is 4.79 Å². The molecule has 3 N–H and O–H groups in total. The van der Waals surface area contributed by atoms with E-state index in [4.69, 9.17) is 0 Å². The number of nitrogens with zero attached hydrogens (tertiary/aromatic N) is 2. The molecule has 1 amide bonds. The molecule has 0 aliphatic carbocycles. The molecule has 0 bridgehead atoms. The van der Waals surface area contributed by atoms with Gasteiger partial charge in [-0.2, -0.15) is 0 Å². The molecule has 1 saturated heterocycles. The smallest absolute Gasteiger partial charge is 0.238 e. The topological polar surface area (TPSA) is 78.9 Å². The molecule has 2 aromatic heterocycles. The molecule has 1 aliphatic heterocycles. The maximum atomic E-state index is 12.1. The van der Waals surface area contributed by atoms with E-state index in [0.29, 0.717) is 13.0 Å². The summed E-state index contributed by atoms with van der Waals surface area (Å²) in [5.74, 6) is -0.0282. The Morgan fingerprint density at radius 1 is 1.24 bits per heavy atom. The van der Waals surface area contributed by atoms with Gasteiger partial charge in [0.25, 0.3) is 0 Å². The molecule has 0 saturated carbocycles. The Bertz CT molecular complexity index is 590. The maximum Gasteiger partial charge on any atom is 0.238 e. The lowest BCUT2D eigenvalue weighted by atomic mass is 10.0. The molecule has 3 heterocycles. The van der Waals surface area contributed by atoms with Crippen LogP contribution in [0.1, 0.15) is 23.7 Å². The van der Waals surface area contributed by atoms with Crippen molar-refractivity contribution in [2.45, 2.75) is 25.0 Å². The zero-order valence-electron chi connectivity index (χ0n) is 11.5. The van der Waals surface area contributed by atoms with Gasteiger partial charge in [-0.05, 0) is 30.2 Å². The van der Waals surface area contributed by atoms with Gasteiger partial charge in [-0.25, -0.2) is 10.9 Å². The highest BCUT2D eigenvalue weighted by Crippen LogP contribution is 2.21. The molecule has 0 radical (unpaired) electrons. The summed E-state index contributed by atoms with van der Waals surface area (Å²) in [5, 5.41) is 2.89. The van der Waals surface area contributed by atoms with Crippen molar-refractivity contribution in [1.29, 1.82) is 0 Å². The molecule has 108 valence electrons. The quantitative estimate of drug-likeness (QED) is 0.770. The third-order valence-corrected chi connectivity index (χ3v) is 3.48. The number of rotatable bonds is 4. The highest BCUT2D eigenvalue weighted by molar-refractivity contribution is 5.82. The Hall–Kier alpha value is -2.31. The minimum atomic E-state index is -0.251. The lowest BCUT2D eigenvalue weighted by Gasteiger charge is -2.10. The van der Waals surface area contributed by atoms with Crippen LogP contribution >= 0.6 is 0 Å². The van der Waals surface area contributed by atoms with Crippen LogP contribution < -0.4 is 16.2 Å². The molecule has 6 nitrogen and oxygen atoms in total. The summed E-state index contributed by atoms with van der Waals surface area (Å²) in [6.07, 6.45) is 5.96. The van der Waals surface area contributed by atoms with Crippen molar-refractivity contribution in [1.82, 2.24) is 26.1 Å². The Morgan fingerprint density at radius 2 is 2.19 bits per heavy atom. The van der Waals surface area contributed by atoms with Gasteiger partial charge in [0.05, 0.1) is 12.2 Å². The Morgan fingerprint density at radius 3 is 2.95 bits per heavy atom. The largest absolute Gasteiger partial charge is 0.349 e. The van der Waals surface area contributed by atoms with Gasteiger partial charge in [-0.1, -0.05) is 12.1 Å². The fourth-order valence-corrected chi connectivity index (χ4v) is 2.33. The molecule has 2 unspecified atom stereocenters. The number of hydrogen-bond donors (Lipinski definition) is 3. The predicted octanol–water partition coefficient (Wildman–Crippen LogP) is 0.701. The third-order valence-electron chi connectivity index (χ3n) is 3.48. The summed E-state index contributed by atoms with van der Waals surface area (Å²) in [4.78, 5) is 20.4. The minimum Gasteiger partial charge on any atom is -0.349 e. The van der Waals surface area contributed by atoms with Gasteiger partial charge in [0, 0.05) is 24.6 Å². The molecule has 0 spiro atoms. The van der Waals surface area contributed by atoms with Gasteiger partial charge in [0.2, 0.25) is 5.91 Å². The number of pyridine rings is 2. The number of carbonyl (C=O) groups is 1. The van der Waals surface area contributed by atoms with Crippen LogP contribution in [0.2, 0.25) is 0 Å². The molecule has 3 rings (SSSR count). The minimum absolute atomic E-state index is 0.0282. The van der Waals surface area contributed by atoms with Crippen molar-refractivity contribution in [3.05, 3.63) is 60.2 Å². The Balaban J connectivity index is 1.53. The van der Waals surface area contributed by atoms with Crippen LogP contribution in [0.25, 0.3) is 0 Å². The molecule has 1 fully saturated rings. The van der Waals surface area contributed by atoms with Gasteiger partial charge in [0.15, 0.2) is 0 Å². The average molecular weight is 283 g/mol. The summed E-state index contributed by atoms with van der Waals surface area (Å²) in [6.45, 7) is 0.440. The van der Waals surface area contributed by atoms with Crippen molar-refractivity contribution in [3.8, 4) is 0 Å². The number of carbonyl (C=O) groups excluding carboxylic acids is 1. The molecule has 2 atom stereocenters. The van der Waals surface area contributed by atoms with Crippen LogP contribution in [0.5, 0.6) is 0 Å². The Labute approximate surface area is 123 Å². The number of hydrogen-bond acceptors (Lipinski definition) is 5. The van der Waals surface area contributed by atoms with E-state index < -0.39 is 0 Å². The fraction of sp³-hybridized carbons (Fsp3) is 0.267. The molecule has 6 heteroatoms. The summed E-state index contributed by atoms with van der Waals surface area (Å²) in [6, 6.07) is 9.39. The van der Waals surface area contributed by atoms with Crippen LogP contribution in [-0.2, 0) is 11.3 Å². The number of aromatic nitrogens is 2. The maximum absolute atomic E-state index is 12.1. The van der Waals surface area contributed by atoms with E-state index in [1.54, 1.807) is 12.4 Å². The van der Waals surface area contributed by atoms with Crippen molar-refractivity contribution in [2.24, 2.45) is 0 Å². The summed E-state index contributed by atoms with van der Waals surface area (Å²) >= 11 is 0. The monoisotopic (exact) mass is 283 g/mol. The van der Waals surface area contributed by atoms with E-state index in [-0.39, 0.29) is 18.0 Å². The third kappa shape index (κ3) is 3.42. The number of nitrogens with one attached hydrogen (secondary N) is 3. The molecular formula is C15H17N5O. The van der Waals surface area contributed by atoms with Crippen molar-refractivity contribution in [2.75, 3.05) is 0 Å². The van der Waals surface area contributed by atoms with E-state index >= 15 is 0 Å². The first-order valence-corrected chi connectivity index (χ1v) is 6.91. The zero-order chi connectivity index (χ0) is 14.5. The second-order valence-electron chi connectivity index (χ2n) is 4.95. The Kier molecular flexibility index (Phi) is 4.18. The number of amides is 1. The average Bonchev–Trinajstić information content (AvgIpc) is 3.04. The van der Waals surface area contributed by atoms with Crippen LogP contribution in [0.15, 0.2) is 48.9 Å². The van der Waals surface area contributed by atoms with Crippen LogP contribution in [0.4, 0.5) is 0 Å². The molecule has 1 aliphatic rings. The van der Waals surface area contributed by atoms with E-state index in [2.05, 4.69) is 26.1 Å². The van der Waals surface area contributed by atoms with Crippen LogP contribution in [0, 0.1) is 0 Å². The summed E-state index contributed by atoms with van der Waals surface area (Å²) < 4.78 is 0. The standard InChI is InChI=1S/C15H17N5O/c21-15(18-10-12-5-1-2-7-17-12)14-8-13(19-20-14)11-4-3-6-16-9-11/h1-7,9,13-14,19-20H,8,10H2,(H,18,21). The summed E-state index contributed by atoms with van der Waals surface area (Å²) in [7, 11) is 0. The lowest BCUT2D eigenvalue weighted by Crippen LogP contribution is -2.42. The van der Waals surface area contributed by atoms with Gasteiger partial charge >= 0.3 is 0 Å². The van der Waals surface area contributed by atoms with Gasteiger partial charge in [0.1, 0.15) is 6.04 Å². The molecule has 2 aromatic rings. The second-order valence-corrected chi connectivity index (χ2v) is 4.95. The van der Waals surface area contributed by atoms with Crippen molar-refractivity contribution in [3.63, 3.8) is 0 Å². The highest BCUT2D eigenvalue weighted by Gasteiger charge is 2.29.